The van der Waals surface area contributed by atoms with Crippen molar-refractivity contribution in [2.24, 2.45) is 5.73 Å². The fourth-order valence-electron chi connectivity index (χ4n) is 2.05. The zero-order valence-electron chi connectivity index (χ0n) is 11.0. The van der Waals surface area contributed by atoms with Gasteiger partial charge in [-0.1, -0.05) is 30.3 Å². The zero-order valence-corrected chi connectivity index (χ0v) is 11.0. The van der Waals surface area contributed by atoms with Crippen molar-refractivity contribution in [3.63, 3.8) is 0 Å². The topological polar surface area (TPSA) is 85.4 Å². The van der Waals surface area contributed by atoms with Crippen LogP contribution in [0.3, 0.4) is 0 Å². The van der Waals surface area contributed by atoms with Crippen LogP contribution in [0.1, 0.15) is 23.3 Å². The van der Waals surface area contributed by atoms with E-state index >= 15 is 0 Å². The number of H-pyrrole nitrogens is 1. The molecule has 0 saturated carbocycles. The average molecular weight is 268 g/mol. The second kappa shape index (κ2) is 5.66. The maximum atomic E-state index is 6.15. The molecule has 6 nitrogen and oxygen atoms in total. The van der Waals surface area contributed by atoms with Gasteiger partial charge in [0.2, 0.25) is 0 Å². The first-order chi connectivity index (χ1) is 9.81. The van der Waals surface area contributed by atoms with Gasteiger partial charge >= 0.3 is 0 Å². The third-order valence-electron chi connectivity index (χ3n) is 3.05. The normalized spacial score (nSPS) is 12.4. The van der Waals surface area contributed by atoms with Gasteiger partial charge in [0.25, 0.3) is 0 Å². The highest BCUT2D eigenvalue weighted by molar-refractivity contribution is 5.17. The van der Waals surface area contributed by atoms with Crippen LogP contribution in [0.5, 0.6) is 0 Å². The van der Waals surface area contributed by atoms with E-state index < -0.39 is 0 Å². The number of nitrogens with two attached hydrogens (primary N) is 1. The molecular weight excluding hydrogens is 252 g/mol. The summed E-state index contributed by atoms with van der Waals surface area (Å²) in [4.78, 5) is 4.43. The highest BCUT2D eigenvalue weighted by Gasteiger charge is 2.13. The van der Waals surface area contributed by atoms with Crippen LogP contribution in [0.4, 0.5) is 0 Å². The van der Waals surface area contributed by atoms with E-state index in [0.717, 1.165) is 12.2 Å². The van der Waals surface area contributed by atoms with Crippen molar-refractivity contribution in [3.05, 3.63) is 66.0 Å². The molecule has 2 aromatic heterocycles. The largest absolute Gasteiger partial charge is 0.321 e. The number of rotatable bonds is 5. The predicted molar refractivity (Wildman–Crippen MR) is 74.8 cm³/mol. The molecule has 0 aliphatic heterocycles. The Hall–Kier alpha value is -2.47. The van der Waals surface area contributed by atoms with Gasteiger partial charge < -0.3 is 5.73 Å². The van der Waals surface area contributed by atoms with Gasteiger partial charge in [0.15, 0.2) is 5.82 Å². The molecule has 3 aromatic rings. The van der Waals surface area contributed by atoms with Crippen LogP contribution in [0.2, 0.25) is 0 Å². The summed E-state index contributed by atoms with van der Waals surface area (Å²) >= 11 is 0. The Labute approximate surface area is 116 Å². The molecule has 102 valence electrons. The van der Waals surface area contributed by atoms with Crippen molar-refractivity contribution in [2.75, 3.05) is 0 Å². The van der Waals surface area contributed by atoms with Crippen LogP contribution in [-0.2, 0) is 13.0 Å². The van der Waals surface area contributed by atoms with Gasteiger partial charge in [-0.15, -0.1) is 0 Å². The van der Waals surface area contributed by atoms with Crippen LogP contribution >= 0.6 is 0 Å². The van der Waals surface area contributed by atoms with Gasteiger partial charge in [-0.3, -0.25) is 9.78 Å². The lowest BCUT2D eigenvalue weighted by Crippen LogP contribution is -2.15. The van der Waals surface area contributed by atoms with Crippen molar-refractivity contribution < 1.29 is 0 Å². The van der Waals surface area contributed by atoms with Gasteiger partial charge in [-0.2, -0.15) is 10.2 Å². The molecule has 1 unspecified atom stereocenters. The summed E-state index contributed by atoms with van der Waals surface area (Å²) in [7, 11) is 0. The molecule has 1 atom stereocenters. The summed E-state index contributed by atoms with van der Waals surface area (Å²) in [5.41, 5.74) is 7.33. The molecule has 0 saturated heterocycles. The molecule has 0 bridgehead atoms. The van der Waals surface area contributed by atoms with E-state index in [4.69, 9.17) is 5.73 Å². The Kier molecular flexibility index (Phi) is 3.56. The second-order valence-electron chi connectivity index (χ2n) is 4.64. The summed E-state index contributed by atoms with van der Waals surface area (Å²) in [6, 6.07) is 11.8. The first kappa shape index (κ1) is 12.6. The Bertz CT molecular complexity index is 643. The van der Waals surface area contributed by atoms with Crippen LogP contribution in [0.25, 0.3) is 0 Å². The number of benzene rings is 1. The lowest BCUT2D eigenvalue weighted by molar-refractivity contribution is 0.651. The molecule has 0 radical (unpaired) electrons. The standard InChI is InChI=1S/C14H16N6/c15-12(9-11-5-2-1-3-6-11)14-17-13(18-19-14)10-20-8-4-7-16-20/h1-8,12H,9-10,15H2,(H,17,18,19). The fourth-order valence-corrected chi connectivity index (χ4v) is 2.05. The van der Waals surface area contributed by atoms with E-state index in [1.54, 1.807) is 10.9 Å². The minimum absolute atomic E-state index is 0.208. The lowest BCUT2D eigenvalue weighted by atomic mass is 10.1. The third-order valence-corrected chi connectivity index (χ3v) is 3.05. The van der Waals surface area contributed by atoms with E-state index in [2.05, 4.69) is 32.4 Å². The van der Waals surface area contributed by atoms with E-state index in [9.17, 15) is 0 Å². The maximum absolute atomic E-state index is 6.15. The fraction of sp³-hybridized carbons (Fsp3) is 0.214. The Morgan fingerprint density at radius 1 is 1.20 bits per heavy atom. The quantitative estimate of drug-likeness (QED) is 0.730. The first-order valence-corrected chi connectivity index (χ1v) is 6.49. The molecule has 6 heteroatoms. The van der Waals surface area contributed by atoms with Crippen LogP contribution in [-0.4, -0.2) is 25.0 Å². The molecule has 0 aliphatic rings. The highest BCUT2D eigenvalue weighted by atomic mass is 15.3. The van der Waals surface area contributed by atoms with Gasteiger partial charge in [0.05, 0.1) is 6.04 Å². The van der Waals surface area contributed by atoms with Crippen molar-refractivity contribution in [3.8, 4) is 0 Å². The van der Waals surface area contributed by atoms with Crippen LogP contribution in [0, 0.1) is 0 Å². The first-order valence-electron chi connectivity index (χ1n) is 6.49. The summed E-state index contributed by atoms with van der Waals surface area (Å²) < 4.78 is 1.78. The summed E-state index contributed by atoms with van der Waals surface area (Å²) in [6.07, 6.45) is 4.34. The van der Waals surface area contributed by atoms with Crippen molar-refractivity contribution in [1.82, 2.24) is 25.0 Å². The number of nitrogens with one attached hydrogen (secondary N) is 1. The molecule has 3 rings (SSSR count). The smallest absolute Gasteiger partial charge is 0.167 e. The molecular formula is C14H16N6. The Morgan fingerprint density at radius 3 is 2.80 bits per heavy atom. The minimum Gasteiger partial charge on any atom is -0.321 e. The molecule has 2 heterocycles. The Morgan fingerprint density at radius 2 is 2.05 bits per heavy atom. The maximum Gasteiger partial charge on any atom is 0.167 e. The van der Waals surface area contributed by atoms with E-state index in [1.165, 1.54) is 5.56 Å². The van der Waals surface area contributed by atoms with Gasteiger partial charge in [-0.25, -0.2) is 4.98 Å². The SMILES string of the molecule is NC(Cc1ccccc1)c1n[nH]c(Cn2cccn2)n1. The molecule has 20 heavy (non-hydrogen) atoms. The number of hydrogen-bond acceptors (Lipinski definition) is 4. The second-order valence-corrected chi connectivity index (χ2v) is 4.64. The van der Waals surface area contributed by atoms with E-state index in [1.807, 2.05) is 30.5 Å². The minimum atomic E-state index is -0.208. The van der Waals surface area contributed by atoms with Gasteiger partial charge in [0.1, 0.15) is 12.4 Å². The number of hydrogen-bond donors (Lipinski definition) is 2. The van der Waals surface area contributed by atoms with Gasteiger partial charge in [0, 0.05) is 12.4 Å². The molecule has 0 fully saturated rings. The highest BCUT2D eigenvalue weighted by Crippen LogP contribution is 2.12. The van der Waals surface area contributed by atoms with Crippen LogP contribution < -0.4 is 5.73 Å². The van der Waals surface area contributed by atoms with Crippen molar-refractivity contribution in [1.29, 1.82) is 0 Å². The van der Waals surface area contributed by atoms with Crippen molar-refractivity contribution >= 4 is 0 Å². The molecule has 3 N–H and O–H groups in total. The Balaban J connectivity index is 1.67. The molecule has 0 aliphatic carbocycles. The average Bonchev–Trinajstić information content (AvgIpc) is 3.12. The summed E-state index contributed by atoms with van der Waals surface area (Å²) in [5.74, 6) is 1.39. The number of aromatic amines is 1. The molecule has 0 spiro atoms. The number of nitrogens with zero attached hydrogens (tertiary/aromatic N) is 4. The van der Waals surface area contributed by atoms with Gasteiger partial charge in [-0.05, 0) is 18.1 Å². The van der Waals surface area contributed by atoms with E-state index in [0.29, 0.717) is 12.4 Å². The summed E-state index contributed by atoms with van der Waals surface area (Å²) in [5, 5.41) is 11.2. The lowest BCUT2D eigenvalue weighted by Gasteiger charge is -2.07. The zero-order chi connectivity index (χ0) is 13.8. The summed E-state index contributed by atoms with van der Waals surface area (Å²) in [6.45, 7) is 0.568. The monoisotopic (exact) mass is 268 g/mol. The number of aromatic nitrogens is 5. The van der Waals surface area contributed by atoms with E-state index in [-0.39, 0.29) is 6.04 Å². The van der Waals surface area contributed by atoms with Crippen molar-refractivity contribution in [2.45, 2.75) is 19.0 Å². The van der Waals surface area contributed by atoms with Crippen LogP contribution in [0.15, 0.2) is 48.8 Å². The molecule has 1 aromatic carbocycles. The molecule has 0 amide bonds. The third kappa shape index (κ3) is 2.92. The predicted octanol–water partition coefficient (Wildman–Crippen LogP) is 1.29.